The van der Waals surface area contributed by atoms with E-state index in [0.29, 0.717) is 35.2 Å². The lowest BCUT2D eigenvalue weighted by molar-refractivity contribution is 0.101. The van der Waals surface area contributed by atoms with Gasteiger partial charge in [-0.25, -0.2) is 0 Å². The maximum atomic E-state index is 12.7. The molecule has 0 saturated heterocycles. The zero-order valence-electron chi connectivity index (χ0n) is 16.2. The first-order valence-corrected chi connectivity index (χ1v) is 9.43. The van der Waals surface area contributed by atoms with Crippen LogP contribution < -0.4 is 23.7 Å². The first-order valence-electron chi connectivity index (χ1n) is 9.43. The van der Waals surface area contributed by atoms with Gasteiger partial charge in [-0.3, -0.25) is 4.79 Å². The third-order valence-electron chi connectivity index (χ3n) is 4.88. The molecule has 0 atom stereocenters. The molecule has 3 aromatic carbocycles. The highest BCUT2D eigenvalue weighted by molar-refractivity contribution is 6.14. The van der Waals surface area contributed by atoms with E-state index in [1.807, 2.05) is 42.5 Å². The smallest absolute Gasteiger partial charge is 0.231 e. The Morgan fingerprint density at radius 2 is 1.83 bits per heavy atom. The number of methoxy groups -OCH3 is 1. The quantitative estimate of drug-likeness (QED) is 0.581. The Morgan fingerprint density at radius 3 is 2.73 bits per heavy atom. The van der Waals surface area contributed by atoms with Gasteiger partial charge in [-0.15, -0.1) is 0 Å². The Hall–Kier alpha value is -3.93. The number of hydrogen-bond donors (Lipinski definition) is 0. The van der Waals surface area contributed by atoms with Crippen molar-refractivity contribution in [2.24, 2.45) is 0 Å². The van der Waals surface area contributed by atoms with Crippen LogP contribution in [0.15, 0.2) is 66.4 Å². The SMILES string of the molecule is COc1cccc(COc2ccc3c(c2)O/C(=C\c2ccc4c(c2)OCO4)C3=O)c1. The van der Waals surface area contributed by atoms with Gasteiger partial charge < -0.3 is 23.7 Å². The summed E-state index contributed by atoms with van der Waals surface area (Å²) in [6.07, 6.45) is 1.70. The lowest BCUT2D eigenvalue weighted by Gasteiger charge is -2.08. The van der Waals surface area contributed by atoms with E-state index in [4.69, 9.17) is 23.7 Å². The van der Waals surface area contributed by atoms with Crippen LogP contribution in [0.4, 0.5) is 0 Å². The average molecular weight is 402 g/mol. The molecule has 0 N–H and O–H groups in total. The van der Waals surface area contributed by atoms with Crippen LogP contribution in [0, 0.1) is 0 Å². The van der Waals surface area contributed by atoms with Crippen LogP contribution in [0.1, 0.15) is 21.5 Å². The highest BCUT2D eigenvalue weighted by Gasteiger charge is 2.28. The molecule has 6 nitrogen and oxygen atoms in total. The minimum atomic E-state index is -0.165. The molecule has 0 aliphatic carbocycles. The molecule has 0 amide bonds. The fourth-order valence-electron chi connectivity index (χ4n) is 3.34. The molecule has 0 radical (unpaired) electrons. The molecule has 2 aliphatic rings. The summed E-state index contributed by atoms with van der Waals surface area (Å²) in [7, 11) is 1.63. The van der Waals surface area contributed by atoms with Crippen molar-refractivity contribution in [1.29, 1.82) is 0 Å². The molecular weight excluding hydrogens is 384 g/mol. The van der Waals surface area contributed by atoms with Gasteiger partial charge in [0.05, 0.1) is 12.7 Å². The summed E-state index contributed by atoms with van der Waals surface area (Å²) in [5.74, 6) is 3.31. The van der Waals surface area contributed by atoms with E-state index in [1.165, 1.54) is 0 Å². The van der Waals surface area contributed by atoms with E-state index < -0.39 is 0 Å². The molecule has 0 saturated carbocycles. The van der Waals surface area contributed by atoms with Crippen LogP contribution >= 0.6 is 0 Å². The Kier molecular flexibility index (Phi) is 4.52. The van der Waals surface area contributed by atoms with Crippen molar-refractivity contribution >= 4 is 11.9 Å². The van der Waals surface area contributed by atoms with Crippen LogP contribution in [-0.4, -0.2) is 19.7 Å². The van der Waals surface area contributed by atoms with Gasteiger partial charge >= 0.3 is 0 Å². The number of fused-ring (bicyclic) bond motifs is 2. The summed E-state index contributed by atoms with van der Waals surface area (Å²) in [6.45, 7) is 0.582. The van der Waals surface area contributed by atoms with Gasteiger partial charge in [0.25, 0.3) is 0 Å². The highest BCUT2D eigenvalue weighted by atomic mass is 16.7. The molecule has 3 aromatic rings. The Bertz CT molecular complexity index is 1160. The molecule has 150 valence electrons. The minimum Gasteiger partial charge on any atom is -0.497 e. The molecule has 0 unspecified atom stereocenters. The standard InChI is InChI=1S/C24H18O6/c1-26-17-4-2-3-16(9-17)13-27-18-6-7-19-21(12-18)30-23(24(19)25)11-15-5-8-20-22(10-15)29-14-28-20/h2-12H,13-14H2,1H3/b23-11-. The van der Waals surface area contributed by atoms with Crippen molar-refractivity contribution < 1.29 is 28.5 Å². The largest absolute Gasteiger partial charge is 0.497 e. The number of ether oxygens (including phenoxy) is 5. The van der Waals surface area contributed by atoms with Crippen molar-refractivity contribution in [3.05, 3.63) is 83.1 Å². The van der Waals surface area contributed by atoms with Crippen molar-refractivity contribution in [1.82, 2.24) is 0 Å². The molecule has 0 bridgehead atoms. The van der Waals surface area contributed by atoms with Gasteiger partial charge in [0, 0.05) is 6.07 Å². The van der Waals surface area contributed by atoms with E-state index in [1.54, 1.807) is 31.4 Å². The summed E-state index contributed by atoms with van der Waals surface area (Å²) in [4.78, 5) is 12.7. The predicted octanol–water partition coefficient (Wildman–Crippen LogP) is 4.62. The van der Waals surface area contributed by atoms with Gasteiger partial charge in [-0.1, -0.05) is 18.2 Å². The predicted molar refractivity (Wildman–Crippen MR) is 109 cm³/mol. The molecule has 0 spiro atoms. The second-order valence-corrected chi connectivity index (χ2v) is 6.85. The Morgan fingerprint density at radius 1 is 0.933 bits per heavy atom. The normalized spacial score (nSPS) is 15.1. The second-order valence-electron chi connectivity index (χ2n) is 6.85. The van der Waals surface area contributed by atoms with Crippen molar-refractivity contribution in [3.8, 4) is 28.7 Å². The van der Waals surface area contributed by atoms with Crippen LogP contribution in [0.3, 0.4) is 0 Å². The molecule has 5 rings (SSSR count). The number of Topliss-reactive ketones (excluding diaryl/α,β-unsaturated/α-hetero) is 1. The molecule has 0 fully saturated rings. The number of carbonyl (C=O) groups is 1. The van der Waals surface area contributed by atoms with Crippen molar-refractivity contribution in [3.63, 3.8) is 0 Å². The zero-order chi connectivity index (χ0) is 20.5. The third kappa shape index (κ3) is 3.43. The Labute approximate surface area is 173 Å². The van der Waals surface area contributed by atoms with E-state index in [-0.39, 0.29) is 18.3 Å². The second kappa shape index (κ2) is 7.48. The molecule has 2 heterocycles. The van der Waals surface area contributed by atoms with Gasteiger partial charge in [-0.2, -0.15) is 0 Å². The van der Waals surface area contributed by atoms with E-state index >= 15 is 0 Å². The summed E-state index contributed by atoms with van der Waals surface area (Å²) in [5.41, 5.74) is 2.29. The lowest BCUT2D eigenvalue weighted by atomic mass is 10.1. The molecule has 2 aliphatic heterocycles. The van der Waals surface area contributed by atoms with Crippen molar-refractivity contribution in [2.45, 2.75) is 6.61 Å². The summed E-state index contributed by atoms with van der Waals surface area (Å²) < 4.78 is 27.6. The van der Waals surface area contributed by atoms with Gasteiger partial charge in [0.15, 0.2) is 17.3 Å². The van der Waals surface area contributed by atoms with Gasteiger partial charge in [-0.05, 0) is 53.6 Å². The zero-order valence-corrected chi connectivity index (χ0v) is 16.2. The molecule has 0 aromatic heterocycles. The number of rotatable bonds is 5. The van der Waals surface area contributed by atoms with Crippen LogP contribution in [0.2, 0.25) is 0 Å². The molecular formula is C24H18O6. The van der Waals surface area contributed by atoms with Crippen LogP contribution in [0.5, 0.6) is 28.7 Å². The highest BCUT2D eigenvalue weighted by Crippen LogP contribution is 2.37. The number of hydrogen-bond acceptors (Lipinski definition) is 6. The van der Waals surface area contributed by atoms with Gasteiger partial charge in [0.1, 0.15) is 23.9 Å². The third-order valence-corrected chi connectivity index (χ3v) is 4.88. The number of benzene rings is 3. The number of carbonyl (C=O) groups excluding carboxylic acids is 1. The monoisotopic (exact) mass is 402 g/mol. The average Bonchev–Trinajstić information content (AvgIpc) is 3.36. The fraction of sp³-hybridized carbons (Fsp3) is 0.125. The number of ketones is 1. The van der Waals surface area contributed by atoms with E-state index in [2.05, 4.69) is 0 Å². The molecule has 6 heteroatoms. The fourth-order valence-corrected chi connectivity index (χ4v) is 3.34. The van der Waals surface area contributed by atoms with E-state index in [9.17, 15) is 4.79 Å². The maximum Gasteiger partial charge on any atom is 0.231 e. The summed E-state index contributed by atoms with van der Waals surface area (Å²) >= 11 is 0. The van der Waals surface area contributed by atoms with Crippen molar-refractivity contribution in [2.75, 3.05) is 13.9 Å². The maximum absolute atomic E-state index is 12.7. The number of allylic oxidation sites excluding steroid dienone is 1. The first-order chi connectivity index (χ1) is 14.7. The first kappa shape index (κ1) is 18.1. The van der Waals surface area contributed by atoms with Crippen LogP contribution in [0.25, 0.3) is 6.08 Å². The van der Waals surface area contributed by atoms with Gasteiger partial charge in [0.2, 0.25) is 12.6 Å². The summed E-state index contributed by atoms with van der Waals surface area (Å²) in [5, 5.41) is 0. The van der Waals surface area contributed by atoms with E-state index in [0.717, 1.165) is 16.9 Å². The topological polar surface area (TPSA) is 63.2 Å². The molecule has 30 heavy (non-hydrogen) atoms. The summed E-state index contributed by atoms with van der Waals surface area (Å²) in [6, 6.07) is 18.4. The lowest BCUT2D eigenvalue weighted by Crippen LogP contribution is -1.98. The van der Waals surface area contributed by atoms with Crippen LogP contribution in [-0.2, 0) is 6.61 Å². The minimum absolute atomic E-state index is 0.165. The Balaban J connectivity index is 1.32.